The highest BCUT2D eigenvalue weighted by Crippen LogP contribution is 2.40. The van der Waals surface area contributed by atoms with Gasteiger partial charge in [-0.25, -0.2) is 4.79 Å². The van der Waals surface area contributed by atoms with E-state index < -0.39 is 41.3 Å². The van der Waals surface area contributed by atoms with Crippen LogP contribution in [-0.4, -0.2) is 19.2 Å². The second kappa shape index (κ2) is 10.9. The number of fused-ring (bicyclic) bond motifs is 1. The molecule has 0 amide bonds. The molecule has 0 spiro atoms. The minimum absolute atomic E-state index is 0.0825. The van der Waals surface area contributed by atoms with Crippen LogP contribution in [0.1, 0.15) is 23.8 Å². The van der Waals surface area contributed by atoms with Crippen LogP contribution in [0.3, 0.4) is 0 Å². The first-order chi connectivity index (χ1) is 18.0. The third-order valence-corrected chi connectivity index (χ3v) is 5.22. The van der Waals surface area contributed by atoms with Crippen molar-refractivity contribution in [3.63, 3.8) is 0 Å². The lowest BCUT2D eigenvalue weighted by Crippen LogP contribution is -2.18. The molecule has 7 nitrogen and oxygen atoms in total. The lowest BCUT2D eigenvalue weighted by Gasteiger charge is -2.15. The summed E-state index contributed by atoms with van der Waals surface area (Å²) >= 11 is 0. The summed E-state index contributed by atoms with van der Waals surface area (Å²) in [5.74, 6) is -3.05. The number of alkyl halides is 3. The zero-order valence-electron chi connectivity index (χ0n) is 20.7. The topological polar surface area (TPSA) is 84.2 Å². The Hall–Kier alpha value is -4.47. The van der Waals surface area contributed by atoms with E-state index in [4.69, 9.17) is 23.4 Å². The van der Waals surface area contributed by atoms with Gasteiger partial charge in [0.15, 0.2) is 18.1 Å². The van der Waals surface area contributed by atoms with Gasteiger partial charge in [-0.05, 0) is 68.3 Å². The van der Waals surface area contributed by atoms with Gasteiger partial charge >= 0.3 is 12.1 Å². The summed E-state index contributed by atoms with van der Waals surface area (Å²) in [6.07, 6.45) is -5.06. The number of hydrogen-bond acceptors (Lipinski definition) is 7. The molecule has 38 heavy (non-hydrogen) atoms. The van der Waals surface area contributed by atoms with Crippen molar-refractivity contribution in [1.29, 1.82) is 0 Å². The number of benzene rings is 3. The molecule has 4 aromatic rings. The molecule has 0 fully saturated rings. The SMILES string of the molecule is CCOc1ccccc1Oc1c(C(F)(F)F)oc2cc(OC(=O)COc3cc(C)cc(C)c3)ccc2c1=O. The average Bonchev–Trinajstić information content (AvgIpc) is 2.84. The molecule has 0 unspecified atom stereocenters. The lowest BCUT2D eigenvalue weighted by atomic mass is 10.1. The Balaban J connectivity index is 1.62. The Kier molecular flexibility index (Phi) is 7.61. The number of para-hydroxylation sites is 2. The molecule has 0 aliphatic carbocycles. The van der Waals surface area contributed by atoms with E-state index in [9.17, 15) is 22.8 Å². The van der Waals surface area contributed by atoms with Crippen LogP contribution in [0.5, 0.6) is 28.7 Å². The van der Waals surface area contributed by atoms with E-state index in [0.29, 0.717) is 5.75 Å². The summed E-state index contributed by atoms with van der Waals surface area (Å²) in [6, 6.07) is 14.9. The second-order valence-corrected chi connectivity index (χ2v) is 8.31. The zero-order valence-corrected chi connectivity index (χ0v) is 20.7. The van der Waals surface area contributed by atoms with Gasteiger partial charge in [-0.15, -0.1) is 0 Å². The van der Waals surface area contributed by atoms with Crippen LogP contribution in [0.2, 0.25) is 0 Å². The van der Waals surface area contributed by atoms with E-state index in [1.807, 2.05) is 19.9 Å². The van der Waals surface area contributed by atoms with E-state index in [0.717, 1.165) is 17.2 Å². The average molecular weight is 528 g/mol. The molecule has 1 aromatic heterocycles. The molecule has 1 heterocycles. The Morgan fingerprint density at radius 3 is 2.24 bits per heavy atom. The highest BCUT2D eigenvalue weighted by molar-refractivity contribution is 5.81. The first-order valence-corrected chi connectivity index (χ1v) is 11.5. The predicted molar refractivity (Wildman–Crippen MR) is 132 cm³/mol. The van der Waals surface area contributed by atoms with Crippen molar-refractivity contribution in [3.8, 4) is 28.7 Å². The van der Waals surface area contributed by atoms with Gasteiger partial charge in [-0.3, -0.25) is 4.79 Å². The van der Waals surface area contributed by atoms with Gasteiger partial charge in [0, 0.05) is 6.07 Å². The fraction of sp³-hybridized carbons (Fsp3) is 0.214. The normalized spacial score (nSPS) is 11.3. The summed E-state index contributed by atoms with van der Waals surface area (Å²) in [5.41, 5.74) is 0.403. The Morgan fingerprint density at radius 1 is 0.895 bits per heavy atom. The predicted octanol–water partition coefficient (Wildman–Crippen LogP) is 6.60. The van der Waals surface area contributed by atoms with Crippen LogP contribution < -0.4 is 24.4 Å². The number of esters is 1. The number of aryl methyl sites for hydroxylation is 2. The highest BCUT2D eigenvalue weighted by atomic mass is 19.4. The van der Waals surface area contributed by atoms with Gasteiger partial charge in [0.05, 0.1) is 12.0 Å². The maximum atomic E-state index is 13.9. The van der Waals surface area contributed by atoms with Gasteiger partial charge in [-0.1, -0.05) is 18.2 Å². The van der Waals surface area contributed by atoms with Crippen LogP contribution in [0.25, 0.3) is 11.0 Å². The Bertz CT molecular complexity index is 1520. The van der Waals surface area contributed by atoms with Crippen molar-refractivity contribution in [3.05, 3.63) is 87.8 Å². The summed E-state index contributed by atoms with van der Waals surface area (Å²) in [7, 11) is 0. The van der Waals surface area contributed by atoms with E-state index in [2.05, 4.69) is 0 Å². The summed E-state index contributed by atoms with van der Waals surface area (Å²) in [4.78, 5) is 25.3. The number of ether oxygens (including phenoxy) is 4. The van der Waals surface area contributed by atoms with Crippen LogP contribution in [-0.2, 0) is 11.0 Å². The molecule has 0 atom stereocenters. The van der Waals surface area contributed by atoms with Crippen molar-refractivity contribution in [2.75, 3.05) is 13.2 Å². The maximum absolute atomic E-state index is 13.9. The molecule has 198 valence electrons. The van der Waals surface area contributed by atoms with E-state index >= 15 is 0 Å². The number of halogens is 3. The quantitative estimate of drug-likeness (QED) is 0.188. The van der Waals surface area contributed by atoms with Crippen molar-refractivity contribution >= 4 is 16.9 Å². The van der Waals surface area contributed by atoms with Crippen LogP contribution in [0.15, 0.2) is 69.9 Å². The molecule has 10 heteroatoms. The smallest absolute Gasteiger partial charge is 0.453 e. The van der Waals surface area contributed by atoms with E-state index in [1.54, 1.807) is 25.1 Å². The molecule has 4 rings (SSSR count). The van der Waals surface area contributed by atoms with Crippen LogP contribution >= 0.6 is 0 Å². The maximum Gasteiger partial charge on any atom is 0.453 e. The van der Waals surface area contributed by atoms with Gasteiger partial charge in [0.2, 0.25) is 11.2 Å². The largest absolute Gasteiger partial charge is 0.490 e. The molecule has 3 aromatic carbocycles. The third-order valence-electron chi connectivity index (χ3n) is 5.22. The lowest BCUT2D eigenvalue weighted by molar-refractivity contribution is -0.154. The molecular weight excluding hydrogens is 505 g/mol. The van der Waals surface area contributed by atoms with Gasteiger partial charge in [-0.2, -0.15) is 13.2 Å². The molecule has 0 bridgehead atoms. The van der Waals surface area contributed by atoms with Gasteiger partial charge in [0.25, 0.3) is 5.76 Å². The molecule has 0 radical (unpaired) electrons. The standard InChI is InChI=1S/C28H23F3O7/c1-4-34-21-7-5-6-8-22(21)37-26-25(33)20-10-9-18(14-23(20)38-27(26)28(29,30)31)36-24(32)15-35-19-12-16(2)11-17(3)13-19/h5-14H,4,15H2,1-3H3. The molecule has 0 aliphatic heterocycles. The fourth-order valence-electron chi connectivity index (χ4n) is 3.74. The van der Waals surface area contributed by atoms with Crippen molar-refractivity contribution < 1.29 is 41.3 Å². The molecule has 0 aliphatic rings. The minimum atomic E-state index is -5.06. The number of hydrogen-bond donors (Lipinski definition) is 0. The summed E-state index contributed by atoms with van der Waals surface area (Å²) in [6.45, 7) is 5.25. The number of carbonyl (C=O) groups excluding carboxylic acids is 1. The van der Waals surface area contributed by atoms with E-state index in [1.165, 1.54) is 30.3 Å². The number of rotatable bonds is 8. The van der Waals surface area contributed by atoms with Crippen LogP contribution in [0, 0.1) is 13.8 Å². The van der Waals surface area contributed by atoms with Crippen molar-refractivity contribution in [2.45, 2.75) is 26.9 Å². The third kappa shape index (κ3) is 6.08. The van der Waals surface area contributed by atoms with Crippen molar-refractivity contribution in [1.82, 2.24) is 0 Å². The highest BCUT2D eigenvalue weighted by Gasteiger charge is 2.40. The second-order valence-electron chi connectivity index (χ2n) is 8.31. The first-order valence-electron chi connectivity index (χ1n) is 11.5. The Morgan fingerprint density at radius 2 is 1.58 bits per heavy atom. The molecule has 0 saturated heterocycles. The van der Waals surface area contributed by atoms with Gasteiger partial charge in [0.1, 0.15) is 17.1 Å². The summed E-state index contributed by atoms with van der Waals surface area (Å²) < 4.78 is 68.1. The molecule has 0 N–H and O–H groups in total. The van der Waals surface area contributed by atoms with Crippen molar-refractivity contribution in [2.24, 2.45) is 0 Å². The summed E-state index contributed by atoms with van der Waals surface area (Å²) in [5, 5.41) is -0.201. The fourth-order valence-corrected chi connectivity index (χ4v) is 3.74. The monoisotopic (exact) mass is 528 g/mol. The molecule has 0 saturated carbocycles. The zero-order chi connectivity index (χ0) is 27.4. The minimum Gasteiger partial charge on any atom is -0.490 e. The number of carbonyl (C=O) groups is 1. The molecular formula is C28H23F3O7. The first kappa shape index (κ1) is 26.6. The van der Waals surface area contributed by atoms with Gasteiger partial charge < -0.3 is 23.4 Å². The Labute approximate surface area is 215 Å². The van der Waals surface area contributed by atoms with Crippen LogP contribution in [0.4, 0.5) is 13.2 Å². The van der Waals surface area contributed by atoms with E-state index in [-0.39, 0.29) is 29.2 Å².